The summed E-state index contributed by atoms with van der Waals surface area (Å²) in [5.74, 6) is 0. The highest BCUT2D eigenvalue weighted by molar-refractivity contribution is 6.48. The van der Waals surface area contributed by atoms with Gasteiger partial charge in [-0.05, 0) is 35.2 Å². The third-order valence-electron chi connectivity index (χ3n) is 4.23. The molecule has 3 aromatic carbocycles. The summed E-state index contributed by atoms with van der Waals surface area (Å²) in [7, 11) is 0. The lowest BCUT2D eigenvalue weighted by molar-refractivity contribution is 0.575. The minimum absolute atomic E-state index is 0.0473. The Morgan fingerprint density at radius 3 is 2.24 bits per heavy atom. The Balaban J connectivity index is 1.80. The van der Waals surface area contributed by atoms with E-state index in [1.54, 1.807) is 6.07 Å². The van der Waals surface area contributed by atoms with Crippen LogP contribution in [0, 0.1) is 0 Å². The van der Waals surface area contributed by atoms with Crippen molar-refractivity contribution in [3.05, 3.63) is 92.9 Å². The Kier molecular flexibility index (Phi) is 6.03. The predicted molar refractivity (Wildman–Crippen MR) is 109 cm³/mol. The normalized spacial score (nSPS) is 12.2. The van der Waals surface area contributed by atoms with Crippen LogP contribution in [0.5, 0.6) is 0 Å². The molecular formula is C21H18Cl3N. The van der Waals surface area contributed by atoms with Crippen molar-refractivity contribution in [1.29, 1.82) is 0 Å². The molecule has 0 aliphatic heterocycles. The van der Waals surface area contributed by atoms with Crippen molar-refractivity contribution in [3.63, 3.8) is 0 Å². The molecule has 128 valence electrons. The molecule has 0 saturated carbocycles. The summed E-state index contributed by atoms with van der Waals surface area (Å²) in [5, 5.41) is 4.90. The Morgan fingerprint density at radius 2 is 1.48 bits per heavy atom. The van der Waals surface area contributed by atoms with E-state index in [2.05, 4.69) is 60.8 Å². The van der Waals surface area contributed by atoms with Gasteiger partial charge in [0, 0.05) is 12.6 Å². The molecule has 0 radical (unpaired) electrons. The van der Waals surface area contributed by atoms with Gasteiger partial charge in [0.25, 0.3) is 0 Å². The average Bonchev–Trinajstić information content (AvgIpc) is 2.65. The monoisotopic (exact) mass is 389 g/mol. The molecule has 0 bridgehead atoms. The smallest absolute Gasteiger partial charge is 0.0781 e. The summed E-state index contributed by atoms with van der Waals surface area (Å²) in [6, 6.07) is 22.5. The molecule has 0 fully saturated rings. The van der Waals surface area contributed by atoms with E-state index in [1.165, 1.54) is 16.7 Å². The van der Waals surface area contributed by atoms with Crippen molar-refractivity contribution < 1.29 is 0 Å². The highest BCUT2D eigenvalue weighted by atomic mass is 35.5. The first-order chi connectivity index (χ1) is 12.1. The van der Waals surface area contributed by atoms with Gasteiger partial charge in [-0.2, -0.15) is 0 Å². The van der Waals surface area contributed by atoms with Crippen molar-refractivity contribution >= 4 is 34.8 Å². The van der Waals surface area contributed by atoms with Crippen LogP contribution in [0.3, 0.4) is 0 Å². The van der Waals surface area contributed by atoms with E-state index in [1.807, 2.05) is 12.1 Å². The standard InChI is InChI=1S/C21H18Cl3N/c1-14(17-11-12-19(22)21(24)20(17)23)25-13-16-9-5-6-10-18(16)15-7-3-2-4-8-15/h2-12,14,25H,13H2,1H3. The number of nitrogens with one attached hydrogen (secondary N) is 1. The second-order valence-corrected chi connectivity index (χ2v) is 7.05. The van der Waals surface area contributed by atoms with Crippen LogP contribution in [0.1, 0.15) is 24.1 Å². The van der Waals surface area contributed by atoms with Gasteiger partial charge in [-0.15, -0.1) is 0 Å². The van der Waals surface area contributed by atoms with Gasteiger partial charge in [0.1, 0.15) is 0 Å². The molecule has 0 aromatic heterocycles. The predicted octanol–water partition coefficient (Wildman–Crippen LogP) is 7.16. The lowest BCUT2D eigenvalue weighted by Gasteiger charge is -2.18. The van der Waals surface area contributed by atoms with Crippen LogP contribution in [0.2, 0.25) is 15.1 Å². The Morgan fingerprint density at radius 1 is 0.800 bits per heavy atom. The van der Waals surface area contributed by atoms with Crippen molar-refractivity contribution in [2.45, 2.75) is 19.5 Å². The van der Waals surface area contributed by atoms with Crippen molar-refractivity contribution in [2.75, 3.05) is 0 Å². The van der Waals surface area contributed by atoms with E-state index in [0.717, 1.165) is 12.1 Å². The van der Waals surface area contributed by atoms with Crippen LogP contribution in [0.25, 0.3) is 11.1 Å². The van der Waals surface area contributed by atoms with E-state index < -0.39 is 0 Å². The Hall–Kier alpha value is -1.51. The maximum Gasteiger partial charge on any atom is 0.0781 e. The number of hydrogen-bond acceptors (Lipinski definition) is 1. The first-order valence-electron chi connectivity index (χ1n) is 8.08. The van der Waals surface area contributed by atoms with E-state index in [0.29, 0.717) is 15.1 Å². The maximum absolute atomic E-state index is 6.35. The average molecular weight is 391 g/mol. The molecule has 0 aliphatic carbocycles. The summed E-state index contributed by atoms with van der Waals surface area (Å²) in [4.78, 5) is 0. The zero-order chi connectivity index (χ0) is 17.8. The van der Waals surface area contributed by atoms with Gasteiger partial charge in [-0.25, -0.2) is 0 Å². The number of hydrogen-bond donors (Lipinski definition) is 1. The first kappa shape index (κ1) is 18.3. The fraction of sp³-hybridized carbons (Fsp3) is 0.143. The zero-order valence-electron chi connectivity index (χ0n) is 13.8. The molecule has 0 spiro atoms. The molecule has 0 saturated heterocycles. The van der Waals surface area contributed by atoms with Gasteiger partial charge in [0.2, 0.25) is 0 Å². The molecule has 25 heavy (non-hydrogen) atoms. The van der Waals surface area contributed by atoms with Crippen molar-refractivity contribution in [3.8, 4) is 11.1 Å². The summed E-state index contributed by atoms with van der Waals surface area (Å²) in [6.07, 6.45) is 0. The molecule has 0 aliphatic rings. The van der Waals surface area contributed by atoms with Gasteiger partial charge in [-0.1, -0.05) is 95.5 Å². The highest BCUT2D eigenvalue weighted by Gasteiger charge is 2.14. The summed E-state index contributed by atoms with van der Waals surface area (Å²) in [5.41, 5.74) is 4.60. The van der Waals surface area contributed by atoms with E-state index in [4.69, 9.17) is 34.8 Å². The summed E-state index contributed by atoms with van der Waals surface area (Å²) < 4.78 is 0. The van der Waals surface area contributed by atoms with Gasteiger partial charge in [0.15, 0.2) is 0 Å². The summed E-state index contributed by atoms with van der Waals surface area (Å²) in [6.45, 7) is 2.79. The zero-order valence-corrected chi connectivity index (χ0v) is 16.0. The molecule has 3 aromatic rings. The second kappa shape index (κ2) is 8.25. The summed E-state index contributed by atoms with van der Waals surface area (Å²) >= 11 is 18.5. The molecule has 1 atom stereocenters. The van der Waals surface area contributed by atoms with Crippen LogP contribution >= 0.6 is 34.8 Å². The molecular weight excluding hydrogens is 373 g/mol. The SMILES string of the molecule is CC(NCc1ccccc1-c1ccccc1)c1ccc(Cl)c(Cl)c1Cl. The number of rotatable bonds is 5. The van der Waals surface area contributed by atoms with E-state index >= 15 is 0 Å². The Bertz CT molecular complexity index is 862. The number of halogens is 3. The molecule has 1 nitrogen and oxygen atoms in total. The van der Waals surface area contributed by atoms with Crippen molar-refractivity contribution in [2.24, 2.45) is 0 Å². The van der Waals surface area contributed by atoms with Crippen LogP contribution in [0.15, 0.2) is 66.7 Å². The molecule has 0 heterocycles. The molecule has 1 N–H and O–H groups in total. The van der Waals surface area contributed by atoms with Crippen LogP contribution < -0.4 is 5.32 Å². The number of benzene rings is 3. The third-order valence-corrected chi connectivity index (χ3v) is 5.54. The minimum Gasteiger partial charge on any atom is -0.306 e. The lowest BCUT2D eigenvalue weighted by atomic mass is 9.99. The first-order valence-corrected chi connectivity index (χ1v) is 9.21. The minimum atomic E-state index is 0.0473. The van der Waals surface area contributed by atoms with Crippen LogP contribution in [-0.4, -0.2) is 0 Å². The largest absolute Gasteiger partial charge is 0.306 e. The van der Waals surface area contributed by atoms with E-state index in [9.17, 15) is 0 Å². The fourth-order valence-electron chi connectivity index (χ4n) is 2.82. The van der Waals surface area contributed by atoms with E-state index in [-0.39, 0.29) is 6.04 Å². The second-order valence-electron chi connectivity index (χ2n) is 5.89. The quantitative estimate of drug-likeness (QED) is 0.455. The van der Waals surface area contributed by atoms with Crippen LogP contribution in [0.4, 0.5) is 0 Å². The molecule has 0 amide bonds. The van der Waals surface area contributed by atoms with Gasteiger partial charge in [-0.3, -0.25) is 0 Å². The molecule has 3 rings (SSSR count). The van der Waals surface area contributed by atoms with Gasteiger partial charge >= 0.3 is 0 Å². The maximum atomic E-state index is 6.35. The van der Waals surface area contributed by atoms with Gasteiger partial charge in [0.05, 0.1) is 15.1 Å². The fourth-order valence-corrected chi connectivity index (χ4v) is 3.53. The Labute approximate surface area is 163 Å². The molecule has 1 unspecified atom stereocenters. The van der Waals surface area contributed by atoms with Gasteiger partial charge < -0.3 is 5.32 Å². The molecule has 4 heteroatoms. The van der Waals surface area contributed by atoms with Crippen molar-refractivity contribution in [1.82, 2.24) is 5.32 Å². The topological polar surface area (TPSA) is 12.0 Å². The third kappa shape index (κ3) is 4.19. The lowest BCUT2D eigenvalue weighted by Crippen LogP contribution is -2.19. The van der Waals surface area contributed by atoms with Crippen LogP contribution in [-0.2, 0) is 6.54 Å². The highest BCUT2D eigenvalue weighted by Crippen LogP contribution is 2.35.